The van der Waals surface area contributed by atoms with Gasteiger partial charge in [0.25, 0.3) is 0 Å². The SMILES string of the molecule is CCO[Si](OCC)(OCC)SS(SS)(SSS(SC1(C)CCCCC1)(C1([Si](OCC)(OCC)OCC)CC2CCC1C2)C(C)(C)S(SS)(S[Si](OCC)(OCC)OCC)C1CC2CCC1C2)C1CC2CCC1C2. The van der Waals surface area contributed by atoms with E-state index in [2.05, 4.69) is 124 Å². The van der Waals surface area contributed by atoms with E-state index < -0.39 is 48.0 Å². The van der Waals surface area contributed by atoms with Crippen LogP contribution in [0.25, 0.3) is 0 Å². The average Bonchev–Trinajstić information content (AvgIpc) is 4.26. The largest absolute Gasteiger partial charge is 0.584 e. The van der Waals surface area contributed by atoms with Crippen molar-refractivity contribution < 1.29 is 39.8 Å². The predicted molar refractivity (Wildman–Crippen MR) is 348 cm³/mol. The van der Waals surface area contributed by atoms with Crippen molar-refractivity contribution in [3.05, 3.63) is 0 Å². The van der Waals surface area contributed by atoms with Crippen LogP contribution in [0.4, 0.5) is 0 Å². The zero-order valence-corrected chi connectivity index (χ0v) is 59.6. The van der Waals surface area contributed by atoms with E-state index >= 15 is 0 Å². The van der Waals surface area contributed by atoms with Crippen LogP contribution in [0.2, 0.25) is 0 Å². The van der Waals surface area contributed by atoms with Crippen LogP contribution in [0.1, 0.15) is 192 Å². The second kappa shape index (κ2) is 28.1. The summed E-state index contributed by atoms with van der Waals surface area (Å²) in [5, 5.41) is 0.927. The minimum absolute atomic E-state index is 0.0181. The smallest absolute Gasteiger partial charge is 0.373 e. The van der Waals surface area contributed by atoms with E-state index in [0.717, 1.165) is 18.3 Å². The van der Waals surface area contributed by atoms with Crippen molar-refractivity contribution in [3.8, 4) is 0 Å². The zero-order valence-electron chi connectivity index (χ0n) is 46.7. The molecule has 7 rings (SSSR count). The molecule has 0 aliphatic heterocycles. The molecule has 0 radical (unpaired) electrons. The monoisotopic (exact) mass is 1300 g/mol. The van der Waals surface area contributed by atoms with E-state index in [1.54, 1.807) is 0 Å². The molecule has 24 heteroatoms. The first-order chi connectivity index (χ1) is 35.0. The van der Waals surface area contributed by atoms with Crippen LogP contribution in [0.5, 0.6) is 0 Å². The molecule has 7 fully saturated rings. The third-order valence-corrected chi connectivity index (χ3v) is 92.4. The van der Waals surface area contributed by atoms with Gasteiger partial charge in [-0.2, -0.15) is 0 Å². The van der Waals surface area contributed by atoms with Gasteiger partial charge in [0.05, 0.1) is 8.45 Å². The normalized spacial score (nSPS) is 33.9. The number of thiol groups is 2. The fraction of sp³-hybridized carbons (Fsp3) is 1.00. The molecule has 0 spiro atoms. The summed E-state index contributed by atoms with van der Waals surface area (Å²) in [7, 11) is -1.47. The first-order valence-corrected chi connectivity index (χ1v) is 52.0. The molecule has 7 saturated carbocycles. The third kappa shape index (κ3) is 12.6. The van der Waals surface area contributed by atoms with Crippen LogP contribution < -0.4 is 0 Å². The molecule has 432 valence electrons. The van der Waals surface area contributed by atoms with Crippen molar-refractivity contribution in [2.24, 2.45) is 35.5 Å². The molecule has 0 saturated heterocycles. The van der Waals surface area contributed by atoms with Crippen LogP contribution in [0.15, 0.2) is 0 Å². The Morgan fingerprint density at radius 3 is 1.37 bits per heavy atom. The van der Waals surface area contributed by atoms with Crippen molar-refractivity contribution in [1.29, 1.82) is 0 Å². The fourth-order valence-corrected chi connectivity index (χ4v) is 116. The molecule has 7 aliphatic rings. The highest BCUT2D eigenvalue weighted by Crippen LogP contribution is 3.06. The summed E-state index contributed by atoms with van der Waals surface area (Å²) in [6.07, 6.45) is 21.3. The van der Waals surface area contributed by atoms with Crippen molar-refractivity contribution in [3.63, 3.8) is 0 Å². The molecule has 6 bridgehead atoms. The lowest BCUT2D eigenvalue weighted by atomic mass is 9.90. The molecule has 12 unspecified atom stereocenters. The lowest BCUT2D eigenvalue weighted by Crippen LogP contribution is -2.70. The van der Waals surface area contributed by atoms with Crippen molar-refractivity contribution in [2.75, 3.05) is 59.5 Å². The number of hydrogen-bond donors (Lipinski definition) is 2. The minimum atomic E-state index is -3.64. The molecular weight excluding hydrogens is 1200 g/mol. The van der Waals surface area contributed by atoms with E-state index in [-0.39, 0.29) is 13.2 Å². The summed E-state index contributed by atoms with van der Waals surface area (Å²) in [5.41, 5.74) is 0. The van der Waals surface area contributed by atoms with Gasteiger partial charge in [0.15, 0.2) is 0 Å². The first kappa shape index (κ1) is 65.0. The average molecular weight is 1300 g/mol. The molecule has 73 heavy (non-hydrogen) atoms. The highest BCUT2D eigenvalue weighted by Gasteiger charge is 2.82. The molecule has 0 aromatic rings. The van der Waals surface area contributed by atoms with Gasteiger partial charge in [0.1, 0.15) is 0 Å². The van der Waals surface area contributed by atoms with Gasteiger partial charge in [-0.3, -0.25) is 0 Å². The first-order valence-electron chi connectivity index (χ1n) is 28.4. The van der Waals surface area contributed by atoms with Crippen molar-refractivity contribution >= 4 is 142 Å². The molecule has 0 aromatic heterocycles. The second-order valence-electron chi connectivity index (χ2n) is 21.8. The summed E-state index contributed by atoms with van der Waals surface area (Å²) in [6, 6.07) is 0. The van der Waals surface area contributed by atoms with Gasteiger partial charge in [-0.05, 0) is 249 Å². The summed E-state index contributed by atoms with van der Waals surface area (Å²) in [4.78, 5) is 0. The highest BCUT2D eigenvalue weighted by atomic mass is 34.1. The molecule has 0 heterocycles. The summed E-state index contributed by atoms with van der Waals surface area (Å²) in [6.45, 7) is 32.5. The van der Waals surface area contributed by atoms with Crippen LogP contribution in [-0.4, -0.2) is 108 Å². The molecule has 0 N–H and O–H groups in total. The Bertz CT molecular complexity index is 1690. The van der Waals surface area contributed by atoms with Gasteiger partial charge < -0.3 is 39.8 Å². The Kier molecular flexibility index (Phi) is 25.1. The molecule has 12 atom stereocenters. The van der Waals surface area contributed by atoms with Crippen LogP contribution in [0, 0.1) is 35.5 Å². The Morgan fingerprint density at radius 2 is 0.986 bits per heavy atom. The molecule has 0 aromatic carbocycles. The Labute approximate surface area is 487 Å². The van der Waals surface area contributed by atoms with E-state index in [0.29, 0.717) is 93.6 Å². The van der Waals surface area contributed by atoms with Crippen molar-refractivity contribution in [1.82, 2.24) is 0 Å². The lowest BCUT2D eigenvalue weighted by Gasteiger charge is -2.72. The lowest BCUT2D eigenvalue weighted by molar-refractivity contribution is 0.0494. The van der Waals surface area contributed by atoms with E-state index in [1.165, 1.54) is 103 Å². The van der Waals surface area contributed by atoms with Gasteiger partial charge in [0, 0.05) is 74.7 Å². The van der Waals surface area contributed by atoms with Gasteiger partial charge in [0.2, 0.25) is 0 Å². The molecule has 9 nitrogen and oxygen atoms in total. The summed E-state index contributed by atoms with van der Waals surface area (Å²) < 4.78 is 64.6. The quantitative estimate of drug-likeness (QED) is 0.0359. The Balaban J connectivity index is 1.61. The predicted octanol–water partition coefficient (Wildman–Crippen LogP) is 18.6. The maximum absolute atomic E-state index is 7.70. The van der Waals surface area contributed by atoms with Gasteiger partial charge in [-0.25, -0.2) is 0 Å². The van der Waals surface area contributed by atoms with Crippen LogP contribution >= 0.6 is 117 Å². The third-order valence-electron chi connectivity index (χ3n) is 17.3. The number of rotatable bonds is 35. The van der Waals surface area contributed by atoms with E-state index in [4.69, 9.17) is 63.2 Å². The van der Waals surface area contributed by atoms with Gasteiger partial charge in [-0.1, -0.05) is 68.1 Å². The number of hydrogen-bond acceptors (Lipinski definition) is 18. The van der Waals surface area contributed by atoms with Crippen LogP contribution in [-0.2, 0) is 39.8 Å². The maximum Gasteiger partial charge on any atom is 0.584 e. The maximum atomic E-state index is 7.70. The standard InChI is InChI=1S/C49H98O9S12Si3/c1-13-50-71(51-14-2,52-15-3)49(38-41-27-30-44(49)35-41)70(61-48(12)31-23-22-24-32-48,65-64-69(63-60,46-37-40-26-29-43(46)34-40)67-73(56-19-7,57-20-8)58-21-9)47(10,11)68(62-59,45-36-39-25-28-42(45)33-39)66-72(53-16-4,54-17-5)55-18-6/h39-46,59-60H,13-38H2,1-12H3. The van der Waals surface area contributed by atoms with Crippen molar-refractivity contribution in [2.45, 2.75) is 216 Å². The molecular formula is C49H98O9S12Si3. The fourth-order valence-electron chi connectivity index (χ4n) is 14.6. The zero-order chi connectivity index (χ0) is 52.8. The number of fused-ring (bicyclic) bond motifs is 6. The highest BCUT2D eigenvalue weighted by molar-refractivity contribution is 9.69. The molecule has 7 aliphatic carbocycles. The Morgan fingerprint density at radius 1 is 0.521 bits per heavy atom. The second-order valence-corrected chi connectivity index (χ2v) is 66.6. The minimum Gasteiger partial charge on any atom is -0.373 e. The van der Waals surface area contributed by atoms with Gasteiger partial charge >= 0.3 is 24.7 Å². The van der Waals surface area contributed by atoms with Gasteiger partial charge in [-0.15, -0.1) is 27.8 Å². The summed E-state index contributed by atoms with van der Waals surface area (Å²) >= 11 is 11.4. The van der Waals surface area contributed by atoms with E-state index in [1.807, 2.05) is 29.9 Å². The Hall–Kier alpha value is 4.49. The molecule has 0 amide bonds. The topological polar surface area (TPSA) is 83.1 Å². The summed E-state index contributed by atoms with van der Waals surface area (Å²) in [5.74, 6) is 3.74. The van der Waals surface area contributed by atoms with Crippen LogP contribution in [0.3, 0.4) is 0 Å². The van der Waals surface area contributed by atoms with E-state index in [9.17, 15) is 0 Å².